The van der Waals surface area contributed by atoms with Crippen molar-refractivity contribution in [2.45, 2.75) is 103 Å². The third-order valence-corrected chi connectivity index (χ3v) is 4.15. The van der Waals surface area contributed by atoms with Crippen molar-refractivity contribution in [3.63, 3.8) is 0 Å². The highest BCUT2D eigenvalue weighted by molar-refractivity contribution is 4.64. The minimum Gasteiger partial charge on any atom is -0.378 e. The molecule has 1 unspecified atom stereocenters. The summed E-state index contributed by atoms with van der Waals surface area (Å²) in [6.07, 6.45) is 20.4. The van der Waals surface area contributed by atoms with Crippen LogP contribution in [0.25, 0.3) is 0 Å². The average molecular weight is 254 g/mol. The third-order valence-electron chi connectivity index (χ3n) is 4.15. The Hall–Kier alpha value is -0.0400. The van der Waals surface area contributed by atoms with E-state index < -0.39 is 0 Å². The second-order valence-electron chi connectivity index (χ2n) is 5.96. The third kappa shape index (κ3) is 8.97. The first-order valence-corrected chi connectivity index (χ1v) is 8.55. The fraction of sp³-hybridized carbons (Fsp3) is 1.00. The van der Waals surface area contributed by atoms with Gasteiger partial charge >= 0.3 is 0 Å². The summed E-state index contributed by atoms with van der Waals surface area (Å²) in [4.78, 5) is 0. The number of rotatable bonds is 12. The molecule has 1 nitrogen and oxygen atoms in total. The average Bonchev–Trinajstić information content (AvgIpc) is 2.89. The van der Waals surface area contributed by atoms with Gasteiger partial charge < -0.3 is 4.74 Å². The molecule has 1 atom stereocenters. The van der Waals surface area contributed by atoms with Crippen LogP contribution in [0.15, 0.2) is 0 Å². The van der Waals surface area contributed by atoms with E-state index in [4.69, 9.17) is 4.74 Å². The van der Waals surface area contributed by atoms with E-state index in [9.17, 15) is 0 Å². The molecule has 108 valence electrons. The van der Waals surface area contributed by atoms with E-state index in [0.717, 1.165) is 6.61 Å². The monoisotopic (exact) mass is 254 g/mol. The van der Waals surface area contributed by atoms with Crippen molar-refractivity contribution in [2.24, 2.45) is 0 Å². The summed E-state index contributed by atoms with van der Waals surface area (Å²) in [6, 6.07) is 0. The van der Waals surface area contributed by atoms with E-state index in [2.05, 4.69) is 6.92 Å². The normalized spacial score (nSPS) is 19.5. The SMILES string of the molecule is CCCCCCCCCCCCCC1CCCO1. The number of hydrogen-bond donors (Lipinski definition) is 0. The molecule has 1 saturated heterocycles. The van der Waals surface area contributed by atoms with Crippen molar-refractivity contribution in [1.29, 1.82) is 0 Å². The Morgan fingerprint density at radius 1 is 0.778 bits per heavy atom. The van der Waals surface area contributed by atoms with Gasteiger partial charge in [0, 0.05) is 6.61 Å². The van der Waals surface area contributed by atoms with Crippen LogP contribution in [0.5, 0.6) is 0 Å². The van der Waals surface area contributed by atoms with Gasteiger partial charge in [-0.2, -0.15) is 0 Å². The van der Waals surface area contributed by atoms with Crippen LogP contribution in [0.4, 0.5) is 0 Å². The van der Waals surface area contributed by atoms with Gasteiger partial charge in [0.05, 0.1) is 6.10 Å². The minimum atomic E-state index is 0.614. The molecule has 1 heterocycles. The lowest BCUT2D eigenvalue weighted by Gasteiger charge is -2.08. The topological polar surface area (TPSA) is 9.23 Å². The Morgan fingerprint density at radius 2 is 1.33 bits per heavy atom. The maximum atomic E-state index is 5.64. The van der Waals surface area contributed by atoms with Gasteiger partial charge in [-0.1, -0.05) is 77.6 Å². The minimum absolute atomic E-state index is 0.614. The Balaban J connectivity index is 1.68. The van der Waals surface area contributed by atoms with Gasteiger partial charge in [-0.3, -0.25) is 0 Å². The largest absolute Gasteiger partial charge is 0.378 e. The van der Waals surface area contributed by atoms with E-state index in [1.165, 1.54) is 89.9 Å². The molecular formula is C17H34O. The zero-order valence-corrected chi connectivity index (χ0v) is 12.6. The molecule has 0 spiro atoms. The predicted octanol–water partition coefficient (Wildman–Crippen LogP) is 5.87. The molecule has 1 aliphatic heterocycles. The highest BCUT2D eigenvalue weighted by Crippen LogP contribution is 2.19. The van der Waals surface area contributed by atoms with Crippen LogP contribution in [0, 0.1) is 0 Å². The summed E-state index contributed by atoms with van der Waals surface area (Å²) in [5, 5.41) is 0. The maximum absolute atomic E-state index is 5.64. The molecule has 0 bridgehead atoms. The van der Waals surface area contributed by atoms with Crippen LogP contribution in [0.1, 0.15) is 96.8 Å². The fourth-order valence-corrected chi connectivity index (χ4v) is 2.91. The molecule has 1 fully saturated rings. The van der Waals surface area contributed by atoms with E-state index in [-0.39, 0.29) is 0 Å². The van der Waals surface area contributed by atoms with E-state index >= 15 is 0 Å². The van der Waals surface area contributed by atoms with Gasteiger partial charge in [-0.15, -0.1) is 0 Å². The molecule has 1 aliphatic rings. The van der Waals surface area contributed by atoms with Crippen molar-refractivity contribution in [3.05, 3.63) is 0 Å². The van der Waals surface area contributed by atoms with Crippen molar-refractivity contribution < 1.29 is 4.74 Å². The standard InChI is InChI=1S/C17H34O/c1-2-3-4-5-6-7-8-9-10-11-12-14-17-15-13-16-18-17/h17H,2-16H2,1H3. The van der Waals surface area contributed by atoms with Crippen LogP contribution >= 0.6 is 0 Å². The quantitative estimate of drug-likeness (QED) is 0.396. The van der Waals surface area contributed by atoms with Gasteiger partial charge in [-0.25, -0.2) is 0 Å². The first kappa shape index (κ1) is 16.0. The summed E-state index contributed by atoms with van der Waals surface area (Å²) in [6.45, 7) is 3.30. The molecule has 0 radical (unpaired) electrons. The molecule has 0 aromatic carbocycles. The lowest BCUT2D eigenvalue weighted by molar-refractivity contribution is 0.102. The van der Waals surface area contributed by atoms with Gasteiger partial charge in [0.2, 0.25) is 0 Å². The smallest absolute Gasteiger partial charge is 0.0576 e. The Labute approximate surface area is 115 Å². The van der Waals surface area contributed by atoms with Crippen molar-refractivity contribution in [3.8, 4) is 0 Å². The van der Waals surface area contributed by atoms with E-state index in [1.54, 1.807) is 0 Å². The van der Waals surface area contributed by atoms with Gasteiger partial charge in [0.25, 0.3) is 0 Å². The summed E-state index contributed by atoms with van der Waals surface area (Å²) in [5.74, 6) is 0. The van der Waals surface area contributed by atoms with Gasteiger partial charge in [0.15, 0.2) is 0 Å². The maximum Gasteiger partial charge on any atom is 0.0576 e. The van der Waals surface area contributed by atoms with Gasteiger partial charge in [-0.05, 0) is 19.3 Å². The van der Waals surface area contributed by atoms with Crippen molar-refractivity contribution in [1.82, 2.24) is 0 Å². The predicted molar refractivity (Wildman–Crippen MR) is 80.1 cm³/mol. The van der Waals surface area contributed by atoms with Crippen LogP contribution in [0.3, 0.4) is 0 Å². The van der Waals surface area contributed by atoms with E-state index in [1.807, 2.05) is 0 Å². The molecular weight excluding hydrogens is 220 g/mol. The van der Waals surface area contributed by atoms with Crippen LogP contribution in [-0.4, -0.2) is 12.7 Å². The molecule has 0 N–H and O–H groups in total. The summed E-state index contributed by atoms with van der Waals surface area (Å²) in [7, 11) is 0. The summed E-state index contributed by atoms with van der Waals surface area (Å²) < 4.78 is 5.64. The van der Waals surface area contributed by atoms with Crippen LogP contribution < -0.4 is 0 Å². The second kappa shape index (κ2) is 12.0. The zero-order valence-electron chi connectivity index (χ0n) is 12.6. The lowest BCUT2D eigenvalue weighted by Crippen LogP contribution is -2.03. The number of hydrogen-bond acceptors (Lipinski definition) is 1. The number of ether oxygens (including phenoxy) is 1. The molecule has 1 heteroatoms. The summed E-state index contributed by atoms with van der Waals surface area (Å²) in [5.41, 5.74) is 0. The van der Waals surface area contributed by atoms with Crippen LogP contribution in [0.2, 0.25) is 0 Å². The molecule has 0 saturated carbocycles. The first-order chi connectivity index (χ1) is 8.93. The molecule has 0 aliphatic carbocycles. The molecule has 1 rings (SSSR count). The van der Waals surface area contributed by atoms with Crippen LogP contribution in [-0.2, 0) is 4.74 Å². The zero-order chi connectivity index (χ0) is 12.9. The molecule has 0 aromatic heterocycles. The first-order valence-electron chi connectivity index (χ1n) is 8.55. The highest BCUT2D eigenvalue weighted by Gasteiger charge is 2.14. The molecule has 18 heavy (non-hydrogen) atoms. The Kier molecular flexibility index (Phi) is 10.7. The molecule has 0 aromatic rings. The van der Waals surface area contributed by atoms with Gasteiger partial charge in [0.1, 0.15) is 0 Å². The highest BCUT2D eigenvalue weighted by atomic mass is 16.5. The number of unbranched alkanes of at least 4 members (excludes halogenated alkanes) is 10. The molecule has 0 amide bonds. The fourth-order valence-electron chi connectivity index (χ4n) is 2.91. The summed E-state index contributed by atoms with van der Waals surface area (Å²) >= 11 is 0. The van der Waals surface area contributed by atoms with Crippen molar-refractivity contribution >= 4 is 0 Å². The van der Waals surface area contributed by atoms with Crippen molar-refractivity contribution in [2.75, 3.05) is 6.61 Å². The van der Waals surface area contributed by atoms with E-state index in [0.29, 0.717) is 6.10 Å². The Morgan fingerprint density at radius 3 is 1.83 bits per heavy atom. The Bertz CT molecular complexity index is 161. The lowest BCUT2D eigenvalue weighted by atomic mass is 10.0. The second-order valence-corrected chi connectivity index (χ2v) is 5.96.